The van der Waals surface area contributed by atoms with Crippen LogP contribution in [0.15, 0.2) is 30.3 Å². The fourth-order valence-electron chi connectivity index (χ4n) is 2.28. The van der Waals surface area contributed by atoms with Gasteiger partial charge < -0.3 is 5.32 Å². The molecule has 0 aliphatic heterocycles. The van der Waals surface area contributed by atoms with Gasteiger partial charge in [-0.1, -0.05) is 44.2 Å². The van der Waals surface area contributed by atoms with E-state index >= 15 is 0 Å². The molecule has 92 valence electrons. The van der Waals surface area contributed by atoms with E-state index in [1.54, 1.807) is 0 Å². The molecule has 1 nitrogen and oxygen atoms in total. The highest BCUT2D eigenvalue weighted by Gasteiger charge is 2.19. The summed E-state index contributed by atoms with van der Waals surface area (Å²) < 4.78 is 0. The van der Waals surface area contributed by atoms with Crippen LogP contribution in [-0.2, 0) is 0 Å². The Morgan fingerprint density at radius 2 is 1.88 bits per heavy atom. The van der Waals surface area contributed by atoms with E-state index in [0.29, 0.717) is 12.0 Å². The first-order chi connectivity index (χ1) is 8.33. The lowest BCUT2D eigenvalue weighted by atomic mass is 9.87. The summed E-state index contributed by atoms with van der Waals surface area (Å²) in [5.41, 5.74) is 1.42. The summed E-state index contributed by atoms with van der Waals surface area (Å²) in [5.74, 6) is 6.76. The van der Waals surface area contributed by atoms with Crippen LogP contribution in [-0.4, -0.2) is 12.6 Å². The summed E-state index contributed by atoms with van der Waals surface area (Å²) in [6.07, 6.45) is 2.07. The van der Waals surface area contributed by atoms with Gasteiger partial charge in [0.2, 0.25) is 0 Å². The van der Waals surface area contributed by atoms with Crippen LogP contribution in [0.2, 0.25) is 0 Å². The van der Waals surface area contributed by atoms with Gasteiger partial charge in [-0.15, -0.1) is 11.8 Å². The molecule has 1 heteroatoms. The molecule has 1 N–H and O–H groups in total. The molecule has 17 heavy (non-hydrogen) atoms. The Morgan fingerprint density at radius 1 is 1.18 bits per heavy atom. The van der Waals surface area contributed by atoms with E-state index in [1.807, 2.05) is 6.92 Å². The minimum absolute atomic E-state index is 0.458. The molecule has 1 rings (SSSR count). The number of nitrogens with one attached hydrogen (secondary N) is 1. The van der Waals surface area contributed by atoms with Crippen LogP contribution in [0.4, 0.5) is 0 Å². The zero-order valence-electron chi connectivity index (χ0n) is 11.2. The maximum atomic E-state index is 3.56. The summed E-state index contributed by atoms with van der Waals surface area (Å²) in [6.45, 7) is 7.32. The van der Waals surface area contributed by atoms with Gasteiger partial charge in [0.1, 0.15) is 0 Å². The van der Waals surface area contributed by atoms with Gasteiger partial charge in [-0.25, -0.2) is 0 Å². The molecule has 0 aromatic heterocycles. The smallest absolute Gasteiger partial charge is 0.0249 e. The van der Waals surface area contributed by atoms with E-state index in [1.165, 1.54) is 5.56 Å². The summed E-state index contributed by atoms with van der Waals surface area (Å²) in [6, 6.07) is 11.2. The van der Waals surface area contributed by atoms with Gasteiger partial charge in [0.05, 0.1) is 0 Å². The van der Waals surface area contributed by atoms with Crippen molar-refractivity contribution in [2.24, 2.45) is 0 Å². The van der Waals surface area contributed by atoms with Crippen molar-refractivity contribution >= 4 is 0 Å². The Labute approximate surface area is 106 Å². The Morgan fingerprint density at radius 3 is 2.41 bits per heavy atom. The van der Waals surface area contributed by atoms with Gasteiger partial charge in [0.25, 0.3) is 0 Å². The van der Waals surface area contributed by atoms with Crippen molar-refractivity contribution in [3.63, 3.8) is 0 Å². The molecule has 0 aliphatic carbocycles. The average Bonchev–Trinajstić information content (AvgIpc) is 2.38. The van der Waals surface area contributed by atoms with Crippen molar-refractivity contribution in [3.05, 3.63) is 35.9 Å². The molecule has 1 aromatic carbocycles. The number of likely N-dealkylation sites (N-methyl/N-ethyl adjacent to an activating group) is 1. The molecule has 0 amide bonds. The molecule has 0 heterocycles. The molecular formula is C16H23N. The standard InChI is InChI=1S/C16H23N/c1-4-7-13-16(17-6-3)15(5-2)14-11-9-8-10-12-14/h8-12,15-17H,5-6,13H2,1-3H3. The van der Waals surface area contributed by atoms with Gasteiger partial charge in [0, 0.05) is 12.5 Å². The zero-order valence-corrected chi connectivity index (χ0v) is 11.2. The molecule has 0 aliphatic rings. The predicted octanol–water partition coefficient (Wildman–Crippen LogP) is 3.57. The van der Waals surface area contributed by atoms with Crippen molar-refractivity contribution in [3.8, 4) is 11.8 Å². The lowest BCUT2D eigenvalue weighted by Gasteiger charge is -2.26. The fraction of sp³-hybridized carbons (Fsp3) is 0.500. The van der Waals surface area contributed by atoms with Gasteiger partial charge in [-0.2, -0.15) is 0 Å². The first-order valence-corrected chi connectivity index (χ1v) is 6.51. The number of hydrogen-bond acceptors (Lipinski definition) is 1. The third-order valence-corrected chi connectivity index (χ3v) is 3.12. The molecule has 0 fully saturated rings. The second-order valence-electron chi connectivity index (χ2n) is 4.22. The van der Waals surface area contributed by atoms with Crippen LogP contribution in [0.1, 0.15) is 45.1 Å². The Kier molecular flexibility index (Phi) is 6.43. The Hall–Kier alpha value is -1.26. The Bertz CT molecular complexity index is 358. The van der Waals surface area contributed by atoms with Crippen molar-refractivity contribution < 1.29 is 0 Å². The summed E-state index contributed by atoms with van der Waals surface area (Å²) in [4.78, 5) is 0. The average molecular weight is 229 g/mol. The normalized spacial score (nSPS) is 13.6. The minimum Gasteiger partial charge on any atom is -0.313 e. The second kappa shape index (κ2) is 7.92. The third-order valence-electron chi connectivity index (χ3n) is 3.12. The molecule has 0 bridgehead atoms. The molecule has 1 aromatic rings. The molecule has 2 atom stereocenters. The lowest BCUT2D eigenvalue weighted by molar-refractivity contribution is 0.438. The van der Waals surface area contributed by atoms with Gasteiger partial charge in [-0.05, 0) is 31.4 Å². The van der Waals surface area contributed by atoms with E-state index in [0.717, 1.165) is 19.4 Å². The Balaban J connectivity index is 2.83. The number of benzene rings is 1. The minimum atomic E-state index is 0.458. The summed E-state index contributed by atoms with van der Waals surface area (Å²) in [5, 5.41) is 3.56. The molecule has 0 radical (unpaired) electrons. The van der Waals surface area contributed by atoms with E-state index in [-0.39, 0.29) is 0 Å². The molecule has 0 saturated heterocycles. The van der Waals surface area contributed by atoms with E-state index in [2.05, 4.69) is 61.3 Å². The highest BCUT2D eigenvalue weighted by molar-refractivity contribution is 5.22. The van der Waals surface area contributed by atoms with Crippen LogP contribution in [0.3, 0.4) is 0 Å². The zero-order chi connectivity index (χ0) is 12.5. The van der Waals surface area contributed by atoms with E-state index in [9.17, 15) is 0 Å². The topological polar surface area (TPSA) is 12.0 Å². The van der Waals surface area contributed by atoms with Crippen LogP contribution >= 0.6 is 0 Å². The van der Waals surface area contributed by atoms with Gasteiger partial charge in [0.15, 0.2) is 0 Å². The number of rotatable bonds is 6. The van der Waals surface area contributed by atoms with Crippen molar-refractivity contribution in [1.29, 1.82) is 0 Å². The summed E-state index contributed by atoms with van der Waals surface area (Å²) in [7, 11) is 0. The van der Waals surface area contributed by atoms with Crippen molar-refractivity contribution in [1.82, 2.24) is 5.32 Å². The largest absolute Gasteiger partial charge is 0.313 e. The van der Waals surface area contributed by atoms with Crippen LogP contribution < -0.4 is 5.32 Å². The van der Waals surface area contributed by atoms with Crippen molar-refractivity contribution in [2.75, 3.05) is 6.54 Å². The van der Waals surface area contributed by atoms with Gasteiger partial charge in [-0.3, -0.25) is 0 Å². The van der Waals surface area contributed by atoms with Crippen molar-refractivity contribution in [2.45, 2.75) is 45.6 Å². The third kappa shape index (κ3) is 4.24. The lowest BCUT2D eigenvalue weighted by Crippen LogP contribution is -2.34. The molecule has 0 spiro atoms. The van der Waals surface area contributed by atoms with Crippen LogP contribution in [0.25, 0.3) is 0 Å². The fourth-order valence-corrected chi connectivity index (χ4v) is 2.28. The quantitative estimate of drug-likeness (QED) is 0.735. The highest BCUT2D eigenvalue weighted by Crippen LogP contribution is 2.24. The molecule has 0 saturated carbocycles. The summed E-state index contributed by atoms with van der Waals surface area (Å²) >= 11 is 0. The monoisotopic (exact) mass is 229 g/mol. The SMILES string of the molecule is CC#CCC(NCC)C(CC)c1ccccc1. The first kappa shape index (κ1) is 13.8. The second-order valence-corrected chi connectivity index (χ2v) is 4.22. The molecular weight excluding hydrogens is 206 g/mol. The van der Waals surface area contributed by atoms with E-state index in [4.69, 9.17) is 0 Å². The van der Waals surface area contributed by atoms with Crippen LogP contribution in [0.5, 0.6) is 0 Å². The van der Waals surface area contributed by atoms with Crippen LogP contribution in [0, 0.1) is 11.8 Å². The first-order valence-electron chi connectivity index (χ1n) is 6.51. The molecule has 2 unspecified atom stereocenters. The van der Waals surface area contributed by atoms with E-state index < -0.39 is 0 Å². The maximum Gasteiger partial charge on any atom is 0.0249 e. The van der Waals surface area contributed by atoms with Gasteiger partial charge >= 0.3 is 0 Å². The highest BCUT2D eigenvalue weighted by atomic mass is 14.9. The predicted molar refractivity (Wildman–Crippen MR) is 75.0 cm³/mol. The maximum absolute atomic E-state index is 3.56. The number of hydrogen-bond donors (Lipinski definition) is 1.